The molecule has 0 aliphatic rings. The Hall–Kier alpha value is -1.84. The standard InChI is InChI=1S/C15H20O4/c1-3-4-5-8-11-18-14(16)15(17)19-13-10-7-6-9-12(13)2/h6-7,9-10H,3-5,8,11H2,1-2H3. The van der Waals surface area contributed by atoms with Gasteiger partial charge in [-0.1, -0.05) is 44.4 Å². The minimum atomic E-state index is -0.968. The van der Waals surface area contributed by atoms with E-state index >= 15 is 0 Å². The zero-order valence-electron chi connectivity index (χ0n) is 11.5. The van der Waals surface area contributed by atoms with E-state index in [2.05, 4.69) is 6.92 Å². The summed E-state index contributed by atoms with van der Waals surface area (Å²) in [5.41, 5.74) is 0.798. The van der Waals surface area contributed by atoms with E-state index in [0.717, 1.165) is 31.2 Å². The highest BCUT2D eigenvalue weighted by molar-refractivity contribution is 6.30. The van der Waals surface area contributed by atoms with Gasteiger partial charge in [0.1, 0.15) is 5.75 Å². The monoisotopic (exact) mass is 264 g/mol. The van der Waals surface area contributed by atoms with Crippen molar-refractivity contribution in [3.8, 4) is 5.75 Å². The van der Waals surface area contributed by atoms with Gasteiger partial charge >= 0.3 is 11.9 Å². The maximum atomic E-state index is 11.5. The molecule has 0 saturated carbocycles. The number of para-hydroxylation sites is 1. The Morgan fingerprint density at radius 2 is 1.79 bits per heavy atom. The summed E-state index contributed by atoms with van der Waals surface area (Å²) < 4.78 is 9.82. The average Bonchev–Trinajstić information content (AvgIpc) is 2.41. The zero-order chi connectivity index (χ0) is 14.1. The van der Waals surface area contributed by atoms with Crippen molar-refractivity contribution in [3.63, 3.8) is 0 Å². The lowest BCUT2D eigenvalue weighted by Crippen LogP contribution is -2.23. The Kier molecular flexibility index (Phi) is 6.64. The first-order valence-corrected chi connectivity index (χ1v) is 6.59. The lowest BCUT2D eigenvalue weighted by Gasteiger charge is -2.07. The molecular formula is C15H20O4. The maximum Gasteiger partial charge on any atom is 0.422 e. The van der Waals surface area contributed by atoms with Crippen LogP contribution >= 0.6 is 0 Å². The van der Waals surface area contributed by atoms with Gasteiger partial charge < -0.3 is 9.47 Å². The number of carbonyl (C=O) groups is 2. The first kappa shape index (κ1) is 15.2. The van der Waals surface area contributed by atoms with Crippen LogP contribution in [0.5, 0.6) is 5.75 Å². The predicted octanol–water partition coefficient (Wildman–Crippen LogP) is 3.02. The van der Waals surface area contributed by atoms with Crippen molar-refractivity contribution in [1.29, 1.82) is 0 Å². The fraction of sp³-hybridized carbons (Fsp3) is 0.467. The van der Waals surface area contributed by atoms with Gasteiger partial charge in [0.05, 0.1) is 6.61 Å². The fourth-order valence-corrected chi connectivity index (χ4v) is 1.57. The molecule has 0 N–H and O–H groups in total. The van der Waals surface area contributed by atoms with Gasteiger partial charge in [-0.2, -0.15) is 0 Å². The van der Waals surface area contributed by atoms with E-state index in [0.29, 0.717) is 5.75 Å². The molecule has 0 radical (unpaired) electrons. The average molecular weight is 264 g/mol. The van der Waals surface area contributed by atoms with Gasteiger partial charge in [0.15, 0.2) is 0 Å². The molecule has 0 unspecified atom stereocenters. The molecule has 0 saturated heterocycles. The number of hydrogen-bond acceptors (Lipinski definition) is 4. The largest absolute Gasteiger partial charge is 0.457 e. The van der Waals surface area contributed by atoms with Crippen LogP contribution in [0.2, 0.25) is 0 Å². The van der Waals surface area contributed by atoms with Crippen LogP contribution in [0.15, 0.2) is 24.3 Å². The molecule has 0 spiro atoms. The highest BCUT2D eigenvalue weighted by Crippen LogP contribution is 2.16. The third-order valence-electron chi connectivity index (χ3n) is 2.69. The number of esters is 2. The molecule has 0 aliphatic heterocycles. The Morgan fingerprint density at radius 3 is 2.47 bits per heavy atom. The van der Waals surface area contributed by atoms with Crippen LogP contribution in [0.25, 0.3) is 0 Å². The van der Waals surface area contributed by atoms with E-state index in [1.807, 2.05) is 6.07 Å². The summed E-state index contributed by atoms with van der Waals surface area (Å²) in [7, 11) is 0. The number of hydrogen-bond donors (Lipinski definition) is 0. The highest BCUT2D eigenvalue weighted by atomic mass is 16.6. The van der Waals surface area contributed by atoms with Gasteiger partial charge in [-0.3, -0.25) is 0 Å². The molecule has 0 amide bonds. The number of ether oxygens (including phenoxy) is 2. The van der Waals surface area contributed by atoms with E-state index in [4.69, 9.17) is 9.47 Å². The zero-order valence-corrected chi connectivity index (χ0v) is 11.5. The van der Waals surface area contributed by atoms with Crippen molar-refractivity contribution < 1.29 is 19.1 Å². The van der Waals surface area contributed by atoms with Crippen molar-refractivity contribution in [2.24, 2.45) is 0 Å². The molecule has 0 atom stereocenters. The van der Waals surface area contributed by atoms with Crippen LogP contribution in [0.1, 0.15) is 38.2 Å². The molecule has 1 aromatic carbocycles. The van der Waals surface area contributed by atoms with Gasteiger partial charge in [0.2, 0.25) is 0 Å². The van der Waals surface area contributed by atoms with Crippen molar-refractivity contribution >= 4 is 11.9 Å². The van der Waals surface area contributed by atoms with Gasteiger partial charge in [-0.25, -0.2) is 9.59 Å². The van der Waals surface area contributed by atoms with Crippen LogP contribution in [0.3, 0.4) is 0 Å². The predicted molar refractivity (Wildman–Crippen MR) is 71.9 cm³/mol. The van der Waals surface area contributed by atoms with Crippen molar-refractivity contribution in [2.45, 2.75) is 39.5 Å². The number of aryl methyl sites for hydroxylation is 1. The number of benzene rings is 1. The minimum Gasteiger partial charge on any atom is -0.457 e. The summed E-state index contributed by atoms with van der Waals surface area (Å²) in [5, 5.41) is 0. The molecular weight excluding hydrogens is 244 g/mol. The molecule has 4 nitrogen and oxygen atoms in total. The molecule has 0 aromatic heterocycles. The molecule has 19 heavy (non-hydrogen) atoms. The highest BCUT2D eigenvalue weighted by Gasteiger charge is 2.18. The van der Waals surface area contributed by atoms with Gasteiger partial charge in [0, 0.05) is 0 Å². The van der Waals surface area contributed by atoms with Crippen LogP contribution in [0.4, 0.5) is 0 Å². The second kappa shape index (κ2) is 8.29. The molecule has 4 heteroatoms. The molecule has 0 fully saturated rings. The van der Waals surface area contributed by atoms with Crippen LogP contribution < -0.4 is 4.74 Å². The SMILES string of the molecule is CCCCCCOC(=O)C(=O)Oc1ccccc1C. The summed E-state index contributed by atoms with van der Waals surface area (Å²) in [6, 6.07) is 7.02. The quantitative estimate of drug-likeness (QED) is 0.343. The summed E-state index contributed by atoms with van der Waals surface area (Å²) in [6.45, 7) is 4.17. The fourth-order valence-electron chi connectivity index (χ4n) is 1.57. The van der Waals surface area contributed by atoms with Crippen molar-refractivity contribution in [2.75, 3.05) is 6.61 Å². The lowest BCUT2D eigenvalue weighted by molar-refractivity contribution is -0.162. The number of carbonyl (C=O) groups excluding carboxylic acids is 2. The molecule has 1 rings (SSSR count). The van der Waals surface area contributed by atoms with Crippen LogP contribution in [0, 0.1) is 6.92 Å². The molecule has 0 heterocycles. The summed E-state index contributed by atoms with van der Waals surface area (Å²) in [4.78, 5) is 22.9. The second-order valence-corrected chi connectivity index (χ2v) is 4.35. The summed E-state index contributed by atoms with van der Waals surface area (Å²) in [6.07, 6.45) is 3.99. The molecule has 1 aromatic rings. The smallest absolute Gasteiger partial charge is 0.422 e. The Morgan fingerprint density at radius 1 is 1.05 bits per heavy atom. The summed E-state index contributed by atoms with van der Waals surface area (Å²) in [5.74, 6) is -1.51. The number of rotatable bonds is 6. The van der Waals surface area contributed by atoms with Gasteiger partial charge in [0.25, 0.3) is 0 Å². The minimum absolute atomic E-state index is 0.266. The van der Waals surface area contributed by atoms with E-state index in [9.17, 15) is 9.59 Å². The Bertz CT molecular complexity index is 426. The normalized spacial score (nSPS) is 10.0. The Labute approximate surface area is 113 Å². The third kappa shape index (κ3) is 5.55. The molecule has 104 valence electrons. The summed E-state index contributed by atoms with van der Waals surface area (Å²) >= 11 is 0. The van der Waals surface area contributed by atoms with E-state index in [-0.39, 0.29) is 6.61 Å². The first-order chi connectivity index (χ1) is 9.15. The second-order valence-electron chi connectivity index (χ2n) is 4.35. The van der Waals surface area contributed by atoms with Crippen LogP contribution in [-0.2, 0) is 14.3 Å². The van der Waals surface area contributed by atoms with Crippen molar-refractivity contribution in [1.82, 2.24) is 0 Å². The first-order valence-electron chi connectivity index (χ1n) is 6.59. The van der Waals surface area contributed by atoms with E-state index < -0.39 is 11.9 Å². The molecule has 0 aliphatic carbocycles. The van der Waals surface area contributed by atoms with Crippen molar-refractivity contribution in [3.05, 3.63) is 29.8 Å². The van der Waals surface area contributed by atoms with Crippen LogP contribution in [-0.4, -0.2) is 18.5 Å². The number of unbranched alkanes of at least 4 members (excludes halogenated alkanes) is 3. The van der Waals surface area contributed by atoms with E-state index in [1.165, 1.54) is 0 Å². The topological polar surface area (TPSA) is 52.6 Å². The lowest BCUT2D eigenvalue weighted by atomic mass is 10.2. The van der Waals surface area contributed by atoms with Gasteiger partial charge in [-0.05, 0) is 25.0 Å². The maximum absolute atomic E-state index is 11.5. The van der Waals surface area contributed by atoms with E-state index in [1.54, 1.807) is 25.1 Å². The molecule has 0 bridgehead atoms. The Balaban J connectivity index is 2.33. The van der Waals surface area contributed by atoms with Gasteiger partial charge in [-0.15, -0.1) is 0 Å². The third-order valence-corrected chi connectivity index (χ3v) is 2.69.